The van der Waals surface area contributed by atoms with Crippen LogP contribution in [0.2, 0.25) is 11.5 Å². The maximum Gasteiger partial charge on any atom is -1.00 e. The molecule has 0 saturated heterocycles. The van der Waals surface area contributed by atoms with Crippen LogP contribution in [0, 0.1) is 47.3 Å². The Kier molecular flexibility index (Phi) is 15.3. The van der Waals surface area contributed by atoms with Gasteiger partial charge in [-0.15, -0.1) is 12.8 Å². The molecule has 0 radical (unpaired) electrons. The van der Waals surface area contributed by atoms with Gasteiger partial charge in [0.15, 0.2) is 0 Å². The van der Waals surface area contributed by atoms with Crippen LogP contribution in [0.5, 0.6) is 0 Å². The van der Waals surface area contributed by atoms with Gasteiger partial charge in [0.1, 0.15) is 0 Å². The first-order valence-electron chi connectivity index (χ1n) is 12.5. The number of hydrogen-bond donors (Lipinski definition) is 0. The Hall–Kier alpha value is 1.23. The molecular weight excluding hydrogens is 571 g/mol. The minimum atomic E-state index is -0.243. The second kappa shape index (κ2) is 14.7. The molecule has 184 valence electrons. The second-order valence-electron chi connectivity index (χ2n) is 12.0. The largest absolute Gasteiger partial charge is 1.00 e. The summed E-state index contributed by atoms with van der Waals surface area (Å²) in [6, 6.07) is 0. The Morgan fingerprint density at radius 3 is 1.41 bits per heavy atom. The van der Waals surface area contributed by atoms with E-state index in [0.29, 0.717) is 10.8 Å². The number of allylic oxidation sites excluding steroid dienone is 4. The maximum absolute atomic E-state index is 2.50. The van der Waals surface area contributed by atoms with Crippen LogP contribution in [0.15, 0.2) is 23.3 Å². The van der Waals surface area contributed by atoms with Gasteiger partial charge in [0, 0.05) is 0 Å². The predicted molar refractivity (Wildman–Crippen MR) is 132 cm³/mol. The van der Waals surface area contributed by atoms with Crippen molar-refractivity contribution in [3.8, 4) is 0 Å². The van der Waals surface area contributed by atoms with Crippen molar-refractivity contribution < 1.29 is 46.4 Å². The molecule has 4 aliphatic rings. The van der Waals surface area contributed by atoms with Crippen molar-refractivity contribution in [3.05, 3.63) is 36.1 Å². The van der Waals surface area contributed by atoms with Crippen LogP contribution < -0.4 is 24.8 Å². The quantitative estimate of drug-likeness (QED) is 0.289. The molecule has 0 amide bonds. The van der Waals surface area contributed by atoms with Gasteiger partial charge in [0.25, 0.3) is 0 Å². The summed E-state index contributed by atoms with van der Waals surface area (Å²) in [4.78, 5) is 0. The van der Waals surface area contributed by atoms with Crippen molar-refractivity contribution in [2.45, 2.75) is 104 Å². The van der Waals surface area contributed by atoms with E-state index >= 15 is 0 Å². The maximum atomic E-state index is 2.50. The van der Waals surface area contributed by atoms with E-state index in [1.807, 2.05) is 0 Å². The van der Waals surface area contributed by atoms with E-state index in [1.54, 1.807) is 32.7 Å². The Labute approximate surface area is 229 Å². The Balaban J connectivity index is 0.000000490. The molecule has 0 aromatic carbocycles. The van der Waals surface area contributed by atoms with Gasteiger partial charge in [-0.1, -0.05) is 79.1 Å². The zero-order valence-electron chi connectivity index (χ0n) is 22.0. The van der Waals surface area contributed by atoms with Crippen molar-refractivity contribution in [3.63, 3.8) is 0 Å². The summed E-state index contributed by atoms with van der Waals surface area (Å²) >= 11 is 1.80. The molecular formula is C28H48Cl2GeZr-2. The zero-order chi connectivity index (χ0) is 22.5. The molecule has 4 rings (SSSR count). The van der Waals surface area contributed by atoms with E-state index in [9.17, 15) is 0 Å². The summed E-state index contributed by atoms with van der Waals surface area (Å²) in [5.41, 5.74) is 4.41. The normalized spacial score (nSPS) is 31.2. The van der Waals surface area contributed by atoms with Crippen LogP contribution in [-0.4, -0.2) is 9.98 Å². The van der Waals surface area contributed by atoms with Crippen LogP contribution in [-0.2, 0) is 21.6 Å². The third-order valence-corrected chi connectivity index (χ3v) is 7.67. The van der Waals surface area contributed by atoms with Gasteiger partial charge in [0.2, 0.25) is 0 Å². The molecule has 0 aliphatic heterocycles. The molecule has 0 N–H and O–H groups in total. The molecule has 4 aliphatic carbocycles. The fourth-order valence-electron chi connectivity index (χ4n) is 6.00. The third kappa shape index (κ3) is 10.1. The number of fused-ring (bicyclic) bond motifs is 2. The Bertz CT molecular complexity index is 596. The number of hydrogen-bond acceptors (Lipinski definition) is 0. The average molecular weight is 619 g/mol. The van der Waals surface area contributed by atoms with Crippen molar-refractivity contribution >= 4 is 9.98 Å². The average Bonchev–Trinajstić information content (AvgIpc) is 3.11. The number of rotatable bonds is 0. The molecule has 0 spiro atoms. The van der Waals surface area contributed by atoms with Gasteiger partial charge >= 0.3 is 43.1 Å². The third-order valence-electron chi connectivity index (χ3n) is 7.67. The first kappa shape index (κ1) is 33.2. The Morgan fingerprint density at radius 2 is 1.09 bits per heavy atom. The molecule has 4 atom stereocenters. The fraction of sp³-hybridized carbons (Fsp3) is 0.786. The van der Waals surface area contributed by atoms with E-state index in [0.717, 1.165) is 23.7 Å². The predicted octanol–water partition coefficient (Wildman–Crippen LogP) is 2.76. The van der Waals surface area contributed by atoms with Crippen molar-refractivity contribution in [2.24, 2.45) is 34.5 Å². The first-order valence-corrected chi connectivity index (χ1v) is 24.2. The summed E-state index contributed by atoms with van der Waals surface area (Å²) in [5.74, 6) is 8.08. The van der Waals surface area contributed by atoms with Gasteiger partial charge in [-0.3, -0.25) is 0 Å². The molecule has 0 heterocycles. The number of halogens is 2. The standard InChI is InChI=1S/2C13H21.C2H6Ge.2ClH.Zr/c2*1-10-8-11-6-4-5-7-13(2,3)12(11)9-10;1-3-2;;;/h2*6,8,10,12H,4-5,7,9H2,1-3H3;1-2H3;2*1H;/q2*-1;;;;+2/p-2. The molecule has 0 aromatic heterocycles. The summed E-state index contributed by atoms with van der Waals surface area (Å²) < 4.78 is 0. The minimum absolute atomic E-state index is 0. The molecule has 0 aromatic rings. The summed E-state index contributed by atoms with van der Waals surface area (Å²) in [7, 11) is -0.243. The summed E-state index contributed by atoms with van der Waals surface area (Å²) in [5, 5.41) is 0. The molecule has 4 heteroatoms. The molecule has 4 unspecified atom stereocenters. The van der Waals surface area contributed by atoms with Gasteiger partial charge in [-0.25, -0.2) is 36.1 Å². The SMILES string of the molecule is CC1[CH-]C2=CCCCC(C)(C)C2C1.CC1[CH-]C2=CCCCC(C)(C)C2C1.[CH3][Ge]([CH3])=[Zr+2].[Cl-].[Cl-]. The van der Waals surface area contributed by atoms with Gasteiger partial charge in [-0.05, 0) is 35.5 Å². The topological polar surface area (TPSA) is 0 Å². The van der Waals surface area contributed by atoms with E-state index < -0.39 is 0 Å². The minimum Gasteiger partial charge on any atom is -1.00 e. The smallest absolute Gasteiger partial charge is 1.00 e. The van der Waals surface area contributed by atoms with E-state index in [-0.39, 0.29) is 34.8 Å². The van der Waals surface area contributed by atoms with Gasteiger partial charge in [-0.2, -0.15) is 0 Å². The molecule has 0 nitrogen and oxygen atoms in total. The van der Waals surface area contributed by atoms with E-state index in [2.05, 4.69) is 78.0 Å². The van der Waals surface area contributed by atoms with Crippen LogP contribution in [0.25, 0.3) is 0 Å². The van der Waals surface area contributed by atoms with Crippen LogP contribution >= 0.6 is 0 Å². The summed E-state index contributed by atoms with van der Waals surface area (Å²) in [6.07, 6.45) is 20.9. The first-order chi connectivity index (χ1) is 13.9. The second-order valence-corrected chi connectivity index (χ2v) is 29.0. The van der Waals surface area contributed by atoms with Crippen molar-refractivity contribution in [2.75, 3.05) is 0 Å². The zero-order valence-corrected chi connectivity index (χ0v) is 28.1. The monoisotopic (exact) mass is 618 g/mol. The van der Waals surface area contributed by atoms with E-state index in [4.69, 9.17) is 0 Å². The fourth-order valence-corrected chi connectivity index (χ4v) is 6.00. The van der Waals surface area contributed by atoms with Gasteiger partial charge < -0.3 is 24.8 Å². The van der Waals surface area contributed by atoms with Crippen molar-refractivity contribution in [1.29, 1.82) is 0 Å². The van der Waals surface area contributed by atoms with Crippen LogP contribution in [0.3, 0.4) is 0 Å². The van der Waals surface area contributed by atoms with Crippen LogP contribution in [0.1, 0.15) is 92.9 Å². The van der Waals surface area contributed by atoms with E-state index in [1.165, 1.54) is 51.4 Å². The van der Waals surface area contributed by atoms with Crippen molar-refractivity contribution in [1.82, 2.24) is 0 Å². The van der Waals surface area contributed by atoms with Crippen LogP contribution in [0.4, 0.5) is 0 Å². The molecule has 0 bridgehead atoms. The van der Waals surface area contributed by atoms with Gasteiger partial charge in [0.05, 0.1) is 0 Å². The molecule has 2 fully saturated rings. The molecule has 2 saturated carbocycles. The summed E-state index contributed by atoms with van der Waals surface area (Å²) in [6.45, 7) is 14.5. The molecule has 32 heavy (non-hydrogen) atoms. The Morgan fingerprint density at radius 1 is 0.781 bits per heavy atom.